The Balaban J connectivity index is 3.02. The molecule has 0 aromatic rings. The van der Waals surface area contributed by atoms with Gasteiger partial charge in [-0.05, 0) is 31.5 Å². The first kappa shape index (κ1) is 19.9. The Labute approximate surface area is 140 Å². The van der Waals surface area contributed by atoms with Gasteiger partial charge >= 0.3 is 5.97 Å². The van der Waals surface area contributed by atoms with Gasteiger partial charge in [-0.15, -0.1) is 0 Å². The Hall–Kier alpha value is -1.19. The summed E-state index contributed by atoms with van der Waals surface area (Å²) in [6, 6.07) is 2.04. The predicted molar refractivity (Wildman–Crippen MR) is 90.2 cm³/mol. The highest BCUT2D eigenvalue weighted by Crippen LogP contribution is 2.41. The van der Waals surface area contributed by atoms with Crippen molar-refractivity contribution in [2.75, 3.05) is 6.61 Å². The molecule has 1 aliphatic rings. The third kappa shape index (κ3) is 4.89. The molecule has 0 bridgehead atoms. The van der Waals surface area contributed by atoms with E-state index in [0.29, 0.717) is 12.8 Å². The van der Waals surface area contributed by atoms with E-state index in [1.54, 1.807) is 6.92 Å². The van der Waals surface area contributed by atoms with Gasteiger partial charge in [0, 0.05) is 18.8 Å². The SMILES string of the molecule is CCOC(=O)C(C#N)[C@H]1CC(=O)CC[C@@H]1O[Si](C)(C)C(C)(C)C. The molecule has 1 saturated carbocycles. The lowest BCUT2D eigenvalue weighted by Gasteiger charge is -2.43. The molecule has 130 valence electrons. The van der Waals surface area contributed by atoms with Crippen LogP contribution in [0.1, 0.15) is 47.0 Å². The van der Waals surface area contributed by atoms with Crippen LogP contribution in [-0.4, -0.2) is 32.8 Å². The first-order chi connectivity index (χ1) is 10.5. The average molecular weight is 340 g/mol. The standard InChI is InChI=1S/C17H29NO4Si/c1-7-21-16(20)14(11-18)13-10-12(19)8-9-15(13)22-23(5,6)17(2,3)4/h13-15H,7-10H2,1-6H3/t13-,14?,15+/m1/s1. The largest absolute Gasteiger partial charge is 0.465 e. The van der Waals surface area contributed by atoms with E-state index in [1.807, 2.05) is 6.07 Å². The third-order valence-electron chi connectivity index (χ3n) is 5.01. The molecule has 1 aliphatic carbocycles. The summed E-state index contributed by atoms with van der Waals surface area (Å²) in [5, 5.41) is 9.46. The van der Waals surface area contributed by atoms with E-state index >= 15 is 0 Å². The van der Waals surface area contributed by atoms with Gasteiger partial charge in [-0.1, -0.05) is 20.8 Å². The van der Waals surface area contributed by atoms with Crippen LogP contribution in [0.25, 0.3) is 0 Å². The van der Waals surface area contributed by atoms with Gasteiger partial charge < -0.3 is 9.16 Å². The molecular formula is C17H29NO4Si. The van der Waals surface area contributed by atoms with Crippen molar-refractivity contribution in [3.63, 3.8) is 0 Å². The van der Waals surface area contributed by atoms with Gasteiger partial charge in [0.1, 0.15) is 11.7 Å². The number of rotatable bonds is 5. The van der Waals surface area contributed by atoms with E-state index in [4.69, 9.17) is 9.16 Å². The molecule has 0 aliphatic heterocycles. The van der Waals surface area contributed by atoms with E-state index in [-0.39, 0.29) is 30.0 Å². The third-order valence-corrected chi connectivity index (χ3v) is 9.51. The number of ether oxygens (including phenoxy) is 1. The molecule has 1 fully saturated rings. The lowest BCUT2D eigenvalue weighted by molar-refractivity contribution is -0.150. The monoisotopic (exact) mass is 339 g/mol. The quantitative estimate of drug-likeness (QED) is 0.566. The molecule has 0 radical (unpaired) electrons. The number of hydrogen-bond donors (Lipinski definition) is 0. The average Bonchev–Trinajstić information content (AvgIpc) is 2.41. The second-order valence-corrected chi connectivity index (χ2v) is 12.5. The van der Waals surface area contributed by atoms with Gasteiger partial charge in [0.25, 0.3) is 0 Å². The number of hydrogen-bond acceptors (Lipinski definition) is 5. The molecule has 1 unspecified atom stereocenters. The molecule has 5 nitrogen and oxygen atoms in total. The second kappa shape index (κ2) is 7.58. The number of esters is 1. The fourth-order valence-electron chi connectivity index (χ4n) is 2.60. The first-order valence-electron chi connectivity index (χ1n) is 8.29. The van der Waals surface area contributed by atoms with Crippen molar-refractivity contribution >= 4 is 20.1 Å². The number of nitrogens with zero attached hydrogens (tertiary/aromatic N) is 1. The zero-order chi connectivity index (χ0) is 17.8. The van der Waals surface area contributed by atoms with Crippen LogP contribution >= 0.6 is 0 Å². The number of carbonyl (C=O) groups excluding carboxylic acids is 2. The topological polar surface area (TPSA) is 76.4 Å². The van der Waals surface area contributed by atoms with E-state index < -0.39 is 26.1 Å². The molecule has 0 amide bonds. The maximum atomic E-state index is 12.1. The zero-order valence-electron chi connectivity index (χ0n) is 15.1. The zero-order valence-corrected chi connectivity index (χ0v) is 16.1. The van der Waals surface area contributed by atoms with Crippen LogP contribution in [0.2, 0.25) is 18.1 Å². The van der Waals surface area contributed by atoms with Crippen LogP contribution in [-0.2, 0) is 18.8 Å². The van der Waals surface area contributed by atoms with E-state index in [2.05, 4.69) is 33.9 Å². The first-order valence-corrected chi connectivity index (χ1v) is 11.2. The number of nitriles is 1. The minimum Gasteiger partial charge on any atom is -0.465 e. The van der Waals surface area contributed by atoms with Crippen LogP contribution in [0.3, 0.4) is 0 Å². The van der Waals surface area contributed by atoms with Crippen molar-refractivity contribution < 1.29 is 18.8 Å². The van der Waals surface area contributed by atoms with E-state index in [1.165, 1.54) is 0 Å². The minimum atomic E-state index is -2.04. The Bertz CT molecular complexity index is 490. The fraction of sp³-hybridized carbons (Fsp3) is 0.824. The molecule has 0 heterocycles. The van der Waals surface area contributed by atoms with Gasteiger partial charge in [0.05, 0.1) is 18.8 Å². The Kier molecular flexibility index (Phi) is 6.55. The Morgan fingerprint density at radius 1 is 1.43 bits per heavy atom. The summed E-state index contributed by atoms with van der Waals surface area (Å²) < 4.78 is 11.5. The molecule has 6 heteroatoms. The van der Waals surface area contributed by atoms with Gasteiger partial charge in [0.2, 0.25) is 0 Å². The highest BCUT2D eigenvalue weighted by molar-refractivity contribution is 6.74. The molecule has 0 aromatic heterocycles. The Morgan fingerprint density at radius 2 is 2.04 bits per heavy atom. The maximum absolute atomic E-state index is 12.1. The van der Waals surface area contributed by atoms with Crippen molar-refractivity contribution in [2.24, 2.45) is 11.8 Å². The molecule has 0 N–H and O–H groups in total. The van der Waals surface area contributed by atoms with Crippen molar-refractivity contribution in [2.45, 2.75) is 71.2 Å². The summed E-state index contributed by atoms with van der Waals surface area (Å²) in [6.45, 7) is 12.7. The second-order valence-electron chi connectivity index (χ2n) is 7.72. The summed E-state index contributed by atoms with van der Waals surface area (Å²) in [7, 11) is -2.04. The maximum Gasteiger partial charge on any atom is 0.323 e. The van der Waals surface area contributed by atoms with Crippen LogP contribution in [0, 0.1) is 23.2 Å². The number of ketones is 1. The van der Waals surface area contributed by atoms with E-state index in [0.717, 1.165) is 0 Å². The molecule has 3 atom stereocenters. The highest BCUT2D eigenvalue weighted by Gasteiger charge is 2.45. The van der Waals surface area contributed by atoms with Crippen LogP contribution in [0.5, 0.6) is 0 Å². The van der Waals surface area contributed by atoms with Crippen molar-refractivity contribution in [3.8, 4) is 6.07 Å². The molecule has 0 spiro atoms. The lowest BCUT2D eigenvalue weighted by Crippen LogP contribution is -2.49. The predicted octanol–water partition coefficient (Wildman–Crippen LogP) is 3.45. The summed E-state index contributed by atoms with van der Waals surface area (Å²) >= 11 is 0. The normalized spacial score (nSPS) is 24.0. The van der Waals surface area contributed by atoms with Crippen LogP contribution < -0.4 is 0 Å². The smallest absolute Gasteiger partial charge is 0.323 e. The van der Waals surface area contributed by atoms with Crippen LogP contribution in [0.4, 0.5) is 0 Å². The fourth-order valence-corrected chi connectivity index (χ4v) is 4.01. The van der Waals surface area contributed by atoms with Gasteiger partial charge in [-0.25, -0.2) is 0 Å². The molecule has 23 heavy (non-hydrogen) atoms. The van der Waals surface area contributed by atoms with E-state index in [9.17, 15) is 14.9 Å². The van der Waals surface area contributed by atoms with Gasteiger partial charge in [-0.3, -0.25) is 9.59 Å². The lowest BCUT2D eigenvalue weighted by atomic mass is 9.78. The van der Waals surface area contributed by atoms with Gasteiger partial charge in [0.15, 0.2) is 8.32 Å². The summed E-state index contributed by atoms with van der Waals surface area (Å²) in [5.74, 6) is -1.79. The van der Waals surface area contributed by atoms with Crippen molar-refractivity contribution in [1.29, 1.82) is 5.26 Å². The van der Waals surface area contributed by atoms with Crippen molar-refractivity contribution in [1.82, 2.24) is 0 Å². The molecule has 0 aromatic carbocycles. The van der Waals surface area contributed by atoms with Crippen LogP contribution in [0.15, 0.2) is 0 Å². The molecule has 0 saturated heterocycles. The summed E-state index contributed by atoms with van der Waals surface area (Å²) in [6.07, 6.45) is 1.02. The molecular weight excluding hydrogens is 310 g/mol. The molecule has 1 rings (SSSR count). The van der Waals surface area contributed by atoms with Gasteiger partial charge in [-0.2, -0.15) is 5.26 Å². The summed E-state index contributed by atoms with van der Waals surface area (Å²) in [5.41, 5.74) is 0. The Morgan fingerprint density at radius 3 is 2.52 bits per heavy atom. The number of Topliss-reactive ketones (excluding diaryl/α,β-unsaturated/α-hetero) is 1. The minimum absolute atomic E-state index is 0.0328. The summed E-state index contributed by atoms with van der Waals surface area (Å²) in [4.78, 5) is 24.0. The highest BCUT2D eigenvalue weighted by atomic mass is 28.4. The van der Waals surface area contributed by atoms with Crippen molar-refractivity contribution in [3.05, 3.63) is 0 Å². The number of carbonyl (C=O) groups is 2.